The second-order valence-corrected chi connectivity index (χ2v) is 11.4. The molecule has 0 aliphatic heterocycles. The number of halogens is 1. The molecular formula is C40H27BrN2. The molecule has 0 saturated carbocycles. The lowest BCUT2D eigenvalue weighted by molar-refractivity contribution is 1.32. The summed E-state index contributed by atoms with van der Waals surface area (Å²) in [6, 6.07) is 56.9. The summed E-state index contributed by atoms with van der Waals surface area (Å²) in [6.07, 6.45) is 0. The first-order valence-corrected chi connectivity index (χ1v) is 15.1. The maximum absolute atomic E-state index is 5.07. The van der Waals surface area contributed by atoms with Crippen molar-refractivity contribution in [3.05, 3.63) is 168 Å². The van der Waals surface area contributed by atoms with Crippen molar-refractivity contribution in [1.29, 1.82) is 0 Å². The van der Waals surface area contributed by atoms with Crippen LogP contribution in [0.5, 0.6) is 0 Å². The first-order valence-electron chi connectivity index (χ1n) is 14.3. The third-order valence-electron chi connectivity index (χ3n) is 7.49. The van der Waals surface area contributed by atoms with Gasteiger partial charge in [-0.2, -0.15) is 0 Å². The number of aromatic nitrogens is 2. The van der Waals surface area contributed by atoms with Gasteiger partial charge in [-0.15, -0.1) is 0 Å². The van der Waals surface area contributed by atoms with Crippen LogP contribution in [-0.4, -0.2) is 9.97 Å². The summed E-state index contributed by atoms with van der Waals surface area (Å²) in [4.78, 5) is 10.1. The topological polar surface area (TPSA) is 25.8 Å². The molecule has 7 rings (SSSR count). The van der Waals surface area contributed by atoms with Gasteiger partial charge in [0.05, 0.1) is 22.8 Å². The summed E-state index contributed by atoms with van der Waals surface area (Å²) >= 11 is 3.83. The van der Waals surface area contributed by atoms with Crippen molar-refractivity contribution in [3.8, 4) is 67.3 Å². The van der Waals surface area contributed by atoms with Crippen molar-refractivity contribution in [2.45, 2.75) is 0 Å². The molecule has 0 fully saturated rings. The van der Waals surface area contributed by atoms with Crippen LogP contribution in [0, 0.1) is 0 Å². The van der Waals surface area contributed by atoms with Crippen LogP contribution in [0.15, 0.2) is 168 Å². The zero-order valence-electron chi connectivity index (χ0n) is 23.4. The molecule has 5 aromatic carbocycles. The molecule has 3 heteroatoms. The lowest BCUT2D eigenvalue weighted by atomic mass is 9.95. The molecule has 0 N–H and O–H groups in total. The van der Waals surface area contributed by atoms with Crippen molar-refractivity contribution in [2.24, 2.45) is 0 Å². The lowest BCUT2D eigenvalue weighted by Gasteiger charge is -2.14. The summed E-state index contributed by atoms with van der Waals surface area (Å²) in [5, 5.41) is 0. The quantitative estimate of drug-likeness (QED) is 0.186. The van der Waals surface area contributed by atoms with Gasteiger partial charge in [0, 0.05) is 26.7 Å². The van der Waals surface area contributed by atoms with Gasteiger partial charge in [-0.3, -0.25) is 0 Å². The highest BCUT2D eigenvalue weighted by Crippen LogP contribution is 2.36. The molecule has 0 atom stereocenters. The zero-order chi connectivity index (χ0) is 29.0. The molecule has 0 aliphatic rings. The SMILES string of the molecule is Brc1cc(-c2cc(-c3ccccc3)nc(-c3ccccc3)c2)cc(-c2cc(-c3ccccc3)nc(-c3ccccc3)c2)c1. The summed E-state index contributed by atoms with van der Waals surface area (Å²) < 4.78 is 1.01. The molecule has 0 radical (unpaired) electrons. The number of nitrogens with zero attached hydrogens (tertiary/aromatic N) is 2. The van der Waals surface area contributed by atoms with E-state index in [0.29, 0.717) is 0 Å². The van der Waals surface area contributed by atoms with Gasteiger partial charge >= 0.3 is 0 Å². The lowest BCUT2D eigenvalue weighted by Crippen LogP contribution is -1.93. The van der Waals surface area contributed by atoms with Gasteiger partial charge in [-0.05, 0) is 64.7 Å². The number of pyridine rings is 2. The second-order valence-electron chi connectivity index (χ2n) is 10.4. The molecule has 7 aromatic rings. The molecule has 204 valence electrons. The molecule has 0 spiro atoms. The van der Waals surface area contributed by atoms with Crippen LogP contribution < -0.4 is 0 Å². The third-order valence-corrected chi connectivity index (χ3v) is 7.95. The normalized spacial score (nSPS) is 10.9. The number of hydrogen-bond acceptors (Lipinski definition) is 2. The fraction of sp³-hybridized carbons (Fsp3) is 0. The van der Waals surface area contributed by atoms with Gasteiger partial charge in [0.25, 0.3) is 0 Å². The first-order chi connectivity index (χ1) is 21.2. The number of rotatable bonds is 6. The average Bonchev–Trinajstić information content (AvgIpc) is 3.09. The number of hydrogen-bond donors (Lipinski definition) is 0. The van der Waals surface area contributed by atoms with Crippen molar-refractivity contribution in [1.82, 2.24) is 9.97 Å². The molecule has 2 aromatic heterocycles. The molecule has 2 heterocycles. The minimum atomic E-state index is 0.945. The van der Waals surface area contributed by atoms with E-state index in [1.807, 2.05) is 24.3 Å². The van der Waals surface area contributed by atoms with Crippen LogP contribution >= 0.6 is 15.9 Å². The van der Waals surface area contributed by atoms with E-state index in [-0.39, 0.29) is 0 Å². The Labute approximate surface area is 260 Å². The Hall–Kier alpha value is -5.12. The third kappa shape index (κ3) is 5.94. The van der Waals surface area contributed by atoms with E-state index >= 15 is 0 Å². The highest BCUT2D eigenvalue weighted by atomic mass is 79.9. The van der Waals surface area contributed by atoms with Crippen LogP contribution in [0.4, 0.5) is 0 Å². The maximum atomic E-state index is 5.07. The highest BCUT2D eigenvalue weighted by molar-refractivity contribution is 9.10. The molecule has 0 bridgehead atoms. The van der Waals surface area contributed by atoms with Crippen LogP contribution in [0.25, 0.3) is 67.3 Å². The van der Waals surface area contributed by atoms with Gasteiger partial charge < -0.3 is 0 Å². The van der Waals surface area contributed by atoms with Gasteiger partial charge in [0.15, 0.2) is 0 Å². The number of benzene rings is 5. The monoisotopic (exact) mass is 614 g/mol. The van der Waals surface area contributed by atoms with Crippen molar-refractivity contribution >= 4 is 15.9 Å². The minimum Gasteiger partial charge on any atom is -0.248 e. The largest absolute Gasteiger partial charge is 0.248 e. The van der Waals surface area contributed by atoms with E-state index < -0.39 is 0 Å². The van der Waals surface area contributed by atoms with Crippen LogP contribution in [0.2, 0.25) is 0 Å². The molecule has 0 saturated heterocycles. The molecular weight excluding hydrogens is 588 g/mol. The fourth-order valence-electron chi connectivity index (χ4n) is 5.34. The van der Waals surface area contributed by atoms with E-state index in [2.05, 4.69) is 155 Å². The van der Waals surface area contributed by atoms with Crippen LogP contribution in [0.1, 0.15) is 0 Å². The zero-order valence-corrected chi connectivity index (χ0v) is 24.9. The fourth-order valence-corrected chi connectivity index (χ4v) is 5.84. The van der Waals surface area contributed by atoms with Gasteiger partial charge in [-0.1, -0.05) is 137 Å². The standard InChI is InChI=1S/C40H27BrN2/c41-36-22-32(34-24-37(28-13-5-1-6-14-28)42-38(25-34)29-15-7-2-8-16-29)21-33(23-36)35-26-39(30-17-9-3-10-18-30)43-40(27-35)31-19-11-4-12-20-31/h1-27H. The summed E-state index contributed by atoms with van der Waals surface area (Å²) in [6.45, 7) is 0. The van der Waals surface area contributed by atoms with Crippen molar-refractivity contribution < 1.29 is 0 Å². The summed E-state index contributed by atoms with van der Waals surface area (Å²) in [7, 11) is 0. The predicted octanol–water partition coefficient (Wildman–Crippen LogP) is 11.2. The van der Waals surface area contributed by atoms with E-state index in [4.69, 9.17) is 9.97 Å². The molecule has 43 heavy (non-hydrogen) atoms. The van der Waals surface area contributed by atoms with Gasteiger partial charge in [0.2, 0.25) is 0 Å². The second kappa shape index (κ2) is 12.0. The molecule has 0 unspecified atom stereocenters. The molecule has 2 nitrogen and oxygen atoms in total. The maximum Gasteiger partial charge on any atom is 0.0715 e. The Morgan fingerprint density at radius 3 is 0.814 bits per heavy atom. The van der Waals surface area contributed by atoms with E-state index in [1.54, 1.807) is 0 Å². The Kier molecular flexibility index (Phi) is 7.47. The Morgan fingerprint density at radius 1 is 0.279 bits per heavy atom. The Morgan fingerprint density at radius 2 is 0.535 bits per heavy atom. The van der Waals surface area contributed by atoms with Gasteiger partial charge in [0.1, 0.15) is 0 Å². The van der Waals surface area contributed by atoms with Crippen molar-refractivity contribution in [3.63, 3.8) is 0 Å². The van der Waals surface area contributed by atoms with E-state index in [0.717, 1.165) is 71.8 Å². The predicted molar refractivity (Wildman–Crippen MR) is 182 cm³/mol. The van der Waals surface area contributed by atoms with Gasteiger partial charge in [-0.25, -0.2) is 9.97 Å². The minimum absolute atomic E-state index is 0.945. The summed E-state index contributed by atoms with van der Waals surface area (Å²) in [5.41, 5.74) is 12.6. The molecule has 0 aliphatic carbocycles. The van der Waals surface area contributed by atoms with E-state index in [9.17, 15) is 0 Å². The Balaban J connectivity index is 1.40. The molecule has 0 amide bonds. The van der Waals surface area contributed by atoms with Crippen LogP contribution in [-0.2, 0) is 0 Å². The first kappa shape index (κ1) is 26.8. The smallest absolute Gasteiger partial charge is 0.0715 e. The Bertz CT molecular complexity index is 1750. The van der Waals surface area contributed by atoms with E-state index in [1.165, 1.54) is 0 Å². The highest BCUT2D eigenvalue weighted by Gasteiger charge is 2.13. The average molecular weight is 616 g/mol. The van der Waals surface area contributed by atoms with Crippen molar-refractivity contribution in [2.75, 3.05) is 0 Å². The van der Waals surface area contributed by atoms with Crippen LogP contribution in [0.3, 0.4) is 0 Å². The summed E-state index contributed by atoms with van der Waals surface area (Å²) in [5.74, 6) is 0.